The number of carbonyl (C=O) groups excluding carboxylic acids is 3. The summed E-state index contributed by atoms with van der Waals surface area (Å²) in [4.78, 5) is 74.5. The number of hydrogen-bond acceptors (Lipinski definition) is 9. The molecule has 0 aliphatic carbocycles. The van der Waals surface area contributed by atoms with E-state index in [4.69, 9.17) is 19.8 Å². The number of hydrogen-bond donors (Lipinski definition) is 5. The van der Waals surface area contributed by atoms with Gasteiger partial charge in [-0.3, -0.25) is 9.59 Å². The lowest BCUT2D eigenvalue weighted by molar-refractivity contribution is -0.132. The molecule has 0 saturated carbocycles. The van der Waals surface area contributed by atoms with E-state index in [9.17, 15) is 19.2 Å². The Hall–Kier alpha value is -6.39. The highest BCUT2D eigenvalue weighted by molar-refractivity contribution is 5.84. The SMILES string of the molecule is CC(C)(C)OC(=O)NCC(=O)N1CCC[C@H]1c1nc2ccc([C@@H]3CC[C@@H](c4ccc5nc([C@@H]6CCCN6C(=O)CNC(=O)O)[nH]c5c4)N3c3ccc(N4CCCCC4)c(F)c3)cc2[nH]1. The number of carboxylic acid groups (broad SMARTS) is 1. The molecule has 0 unspecified atom stereocenters. The molecule has 6 heterocycles. The molecule has 4 aliphatic rings. The van der Waals surface area contributed by atoms with Gasteiger partial charge in [-0.2, -0.15) is 0 Å². The average Bonchev–Trinajstić information content (AvgIpc) is 4.12. The molecule has 4 atom stereocenters. The molecule has 0 bridgehead atoms. The Morgan fingerprint density at radius 1 is 0.703 bits per heavy atom. The number of nitrogens with zero attached hydrogens (tertiary/aromatic N) is 6. The molecule has 4 fully saturated rings. The van der Waals surface area contributed by atoms with Crippen LogP contribution in [0.3, 0.4) is 0 Å². The van der Waals surface area contributed by atoms with Gasteiger partial charge in [0.2, 0.25) is 11.8 Å². The van der Waals surface area contributed by atoms with Gasteiger partial charge in [0.15, 0.2) is 0 Å². The lowest BCUT2D eigenvalue weighted by Gasteiger charge is -2.34. The summed E-state index contributed by atoms with van der Waals surface area (Å²) < 4.78 is 21.6. The second-order valence-electron chi connectivity index (χ2n) is 18.5. The Labute approximate surface area is 370 Å². The van der Waals surface area contributed by atoms with E-state index in [0.29, 0.717) is 30.4 Å². The molecule has 5 N–H and O–H groups in total. The number of carbonyl (C=O) groups is 4. The van der Waals surface area contributed by atoms with Crippen molar-refractivity contribution < 1.29 is 33.4 Å². The zero-order chi connectivity index (χ0) is 44.7. The summed E-state index contributed by atoms with van der Waals surface area (Å²) >= 11 is 0. The van der Waals surface area contributed by atoms with Crippen LogP contribution in [0.1, 0.15) is 126 Å². The predicted molar refractivity (Wildman–Crippen MR) is 239 cm³/mol. The molecule has 0 radical (unpaired) electrons. The first kappa shape index (κ1) is 42.9. The van der Waals surface area contributed by atoms with E-state index in [1.807, 2.05) is 24.3 Å². The number of halogens is 1. The molecule has 4 amide bonds. The molecule has 4 aliphatic heterocycles. The van der Waals surface area contributed by atoms with Crippen molar-refractivity contribution in [1.29, 1.82) is 0 Å². The first-order valence-corrected chi connectivity index (χ1v) is 22.6. The molecule has 338 valence electrons. The number of anilines is 2. The predicted octanol–water partition coefficient (Wildman–Crippen LogP) is 7.77. The van der Waals surface area contributed by atoms with Crippen LogP contribution in [0, 0.1) is 5.82 Å². The third-order valence-electron chi connectivity index (χ3n) is 13.1. The number of imidazole rings is 2. The number of aromatic nitrogens is 4. The number of ether oxygens (including phenoxy) is 1. The summed E-state index contributed by atoms with van der Waals surface area (Å²) in [7, 11) is 0. The van der Waals surface area contributed by atoms with Crippen molar-refractivity contribution in [2.24, 2.45) is 0 Å². The van der Waals surface area contributed by atoms with Crippen molar-refractivity contribution in [3.8, 4) is 0 Å². The van der Waals surface area contributed by atoms with Gasteiger partial charge in [-0.25, -0.2) is 23.9 Å². The fraction of sp³-hybridized carbons (Fsp3) is 0.489. The Bertz CT molecular complexity index is 2560. The van der Waals surface area contributed by atoms with Crippen LogP contribution in [-0.2, 0) is 14.3 Å². The average molecular weight is 877 g/mol. The highest BCUT2D eigenvalue weighted by Gasteiger charge is 2.38. The maximum atomic E-state index is 16.3. The summed E-state index contributed by atoms with van der Waals surface area (Å²) in [6.45, 7) is 7.62. The molecule has 0 spiro atoms. The molecule has 17 heteroatoms. The van der Waals surface area contributed by atoms with Gasteiger partial charge in [-0.1, -0.05) is 12.1 Å². The summed E-state index contributed by atoms with van der Waals surface area (Å²) in [6.07, 6.45) is 6.04. The van der Waals surface area contributed by atoms with Gasteiger partial charge in [0.05, 0.1) is 51.9 Å². The van der Waals surface area contributed by atoms with Crippen molar-refractivity contribution in [3.63, 3.8) is 0 Å². The van der Waals surface area contributed by atoms with Crippen LogP contribution in [0.2, 0.25) is 0 Å². The minimum atomic E-state index is -1.24. The van der Waals surface area contributed by atoms with E-state index >= 15 is 4.39 Å². The highest BCUT2D eigenvalue weighted by atomic mass is 19.1. The summed E-state index contributed by atoms with van der Waals surface area (Å²) in [5.41, 5.74) is 6.08. The molecule has 16 nitrogen and oxygen atoms in total. The summed E-state index contributed by atoms with van der Waals surface area (Å²) in [6, 6.07) is 17.3. The lowest BCUT2D eigenvalue weighted by atomic mass is 10.0. The maximum Gasteiger partial charge on any atom is 0.408 e. The number of likely N-dealkylation sites (tertiary alicyclic amines) is 2. The van der Waals surface area contributed by atoms with E-state index < -0.39 is 17.8 Å². The number of aromatic amines is 2. The van der Waals surface area contributed by atoms with Crippen molar-refractivity contribution in [2.75, 3.05) is 49.1 Å². The van der Waals surface area contributed by atoms with Gasteiger partial charge in [-0.15, -0.1) is 0 Å². The summed E-state index contributed by atoms with van der Waals surface area (Å²) in [5.74, 6) is 0.631. The van der Waals surface area contributed by atoms with Gasteiger partial charge in [0.25, 0.3) is 0 Å². The molecular formula is C47H57FN10O6. The molecule has 4 saturated heterocycles. The minimum Gasteiger partial charge on any atom is -0.465 e. The van der Waals surface area contributed by atoms with Gasteiger partial charge in [0, 0.05) is 31.9 Å². The second kappa shape index (κ2) is 17.6. The fourth-order valence-corrected chi connectivity index (χ4v) is 10.2. The molecule has 64 heavy (non-hydrogen) atoms. The number of fused-ring (bicyclic) bond motifs is 2. The van der Waals surface area contributed by atoms with Crippen molar-refractivity contribution in [3.05, 3.63) is 83.2 Å². The van der Waals surface area contributed by atoms with Gasteiger partial charge in [-0.05, 0) is 132 Å². The van der Waals surface area contributed by atoms with Gasteiger partial charge in [0.1, 0.15) is 36.2 Å². The minimum absolute atomic E-state index is 0.102. The topological polar surface area (TPSA) is 192 Å². The van der Waals surface area contributed by atoms with Crippen LogP contribution < -0.4 is 20.4 Å². The van der Waals surface area contributed by atoms with Crippen molar-refractivity contribution in [2.45, 2.75) is 108 Å². The second-order valence-corrected chi connectivity index (χ2v) is 18.5. The summed E-state index contributed by atoms with van der Waals surface area (Å²) in [5, 5.41) is 13.8. The van der Waals surface area contributed by atoms with E-state index in [1.165, 1.54) is 0 Å². The number of nitrogens with one attached hydrogen (secondary N) is 4. The Morgan fingerprint density at radius 2 is 1.25 bits per heavy atom. The Morgan fingerprint density at radius 3 is 1.77 bits per heavy atom. The van der Waals surface area contributed by atoms with Crippen LogP contribution in [0.15, 0.2) is 54.6 Å². The number of rotatable bonds is 10. The maximum absolute atomic E-state index is 16.3. The monoisotopic (exact) mass is 876 g/mol. The third kappa shape index (κ3) is 8.89. The molecule has 2 aromatic heterocycles. The smallest absolute Gasteiger partial charge is 0.408 e. The van der Waals surface area contributed by atoms with Gasteiger partial charge >= 0.3 is 12.2 Å². The van der Waals surface area contributed by atoms with E-state index in [1.54, 1.807) is 36.6 Å². The molecule has 5 aromatic rings. The number of alkyl carbamates (subject to hydrolysis) is 1. The number of piperidine rings is 1. The van der Waals surface area contributed by atoms with E-state index in [2.05, 4.69) is 54.7 Å². The zero-order valence-corrected chi connectivity index (χ0v) is 36.7. The van der Waals surface area contributed by atoms with Crippen molar-refractivity contribution in [1.82, 2.24) is 40.4 Å². The highest BCUT2D eigenvalue weighted by Crippen LogP contribution is 2.48. The van der Waals surface area contributed by atoms with Crippen LogP contribution in [0.5, 0.6) is 0 Å². The van der Waals surface area contributed by atoms with Crippen LogP contribution in [0.4, 0.5) is 25.4 Å². The molecule has 3 aromatic carbocycles. The first-order chi connectivity index (χ1) is 30.8. The van der Waals surface area contributed by atoms with Gasteiger partial charge < -0.3 is 50.0 Å². The largest absolute Gasteiger partial charge is 0.465 e. The fourth-order valence-electron chi connectivity index (χ4n) is 10.2. The Kier molecular flexibility index (Phi) is 11.8. The van der Waals surface area contributed by atoms with E-state index in [0.717, 1.165) is 110 Å². The van der Waals surface area contributed by atoms with Crippen LogP contribution in [0.25, 0.3) is 22.1 Å². The lowest BCUT2D eigenvalue weighted by Crippen LogP contribution is -2.41. The van der Waals surface area contributed by atoms with Crippen LogP contribution >= 0.6 is 0 Å². The first-order valence-electron chi connectivity index (χ1n) is 22.6. The standard InChI is InChI=1S/C47H57FN10O6/c1-47(2,3)64-46(63)50-27-42(60)57-22-8-10-40(57)44-52-33-15-12-29(24-35(33)54-44)37-18-17-36(58(37)30-13-16-38(31(48)25-30)55-19-5-4-6-20-55)28-11-14-32-34(23-28)53-43(51-32)39-9-7-21-56(39)41(59)26-49-45(61)62/h11-16,23-25,36-37,39-40,49H,4-10,17-22,26-27H2,1-3H3,(H,50,63)(H,51,53)(H,52,54)(H,61,62)/t36-,37-,39-,40-/m0/s1. The Balaban J connectivity index is 0.997. The van der Waals surface area contributed by atoms with Crippen molar-refractivity contribution >= 4 is 57.4 Å². The number of benzene rings is 3. The van der Waals surface area contributed by atoms with Crippen LogP contribution in [-0.4, -0.2) is 104 Å². The number of H-pyrrole nitrogens is 2. The zero-order valence-electron chi connectivity index (χ0n) is 36.7. The molecule has 9 rings (SSSR count). The quantitative estimate of drug-likeness (QED) is 0.0926. The number of amides is 4. The normalized spacial score (nSPS) is 21.6. The molecular weight excluding hydrogens is 820 g/mol. The van der Waals surface area contributed by atoms with E-state index in [-0.39, 0.29) is 54.9 Å². The third-order valence-corrected chi connectivity index (χ3v) is 13.1.